The van der Waals surface area contributed by atoms with Crippen molar-refractivity contribution in [2.45, 2.75) is 19.8 Å². The van der Waals surface area contributed by atoms with Gasteiger partial charge in [-0.1, -0.05) is 6.92 Å². The minimum Gasteiger partial charge on any atom is -0.354 e. The molecule has 15 heavy (non-hydrogen) atoms. The highest BCUT2D eigenvalue weighted by Crippen LogP contribution is 2.22. The van der Waals surface area contributed by atoms with E-state index < -0.39 is 0 Å². The minimum absolute atomic E-state index is 0.437. The normalized spacial score (nSPS) is 21.1. The van der Waals surface area contributed by atoms with Gasteiger partial charge in [-0.05, 0) is 18.8 Å². The Labute approximate surface area is 89.6 Å². The lowest BCUT2D eigenvalue weighted by Gasteiger charge is -2.31. The molecule has 1 atom stereocenters. The summed E-state index contributed by atoms with van der Waals surface area (Å²) in [5, 5.41) is 8.94. The average molecular weight is 202 g/mol. The first-order valence-corrected chi connectivity index (χ1v) is 5.27. The molecule has 1 aromatic heterocycles. The Morgan fingerprint density at radius 2 is 2.27 bits per heavy atom. The summed E-state index contributed by atoms with van der Waals surface area (Å²) in [6, 6.07) is 2.09. The molecule has 78 valence electrons. The van der Waals surface area contributed by atoms with Crippen molar-refractivity contribution in [2.75, 3.05) is 18.0 Å². The van der Waals surface area contributed by atoms with Crippen LogP contribution in [0, 0.1) is 17.2 Å². The molecule has 0 amide bonds. The van der Waals surface area contributed by atoms with Crippen molar-refractivity contribution in [3.63, 3.8) is 0 Å². The van der Waals surface area contributed by atoms with Crippen LogP contribution in [0.15, 0.2) is 12.4 Å². The molecule has 1 unspecified atom stereocenters. The van der Waals surface area contributed by atoms with Crippen LogP contribution in [-0.2, 0) is 0 Å². The summed E-state index contributed by atoms with van der Waals surface area (Å²) in [6.07, 6.45) is 5.64. The van der Waals surface area contributed by atoms with Crippen molar-refractivity contribution >= 4 is 5.82 Å². The minimum atomic E-state index is 0.437. The van der Waals surface area contributed by atoms with Gasteiger partial charge in [0, 0.05) is 25.5 Å². The van der Waals surface area contributed by atoms with Gasteiger partial charge in [-0.25, -0.2) is 9.97 Å². The van der Waals surface area contributed by atoms with E-state index in [0.717, 1.165) is 18.9 Å². The molecule has 0 aliphatic carbocycles. The van der Waals surface area contributed by atoms with E-state index >= 15 is 0 Å². The lowest BCUT2D eigenvalue weighted by Crippen LogP contribution is -2.35. The van der Waals surface area contributed by atoms with E-state index in [-0.39, 0.29) is 0 Å². The van der Waals surface area contributed by atoms with Gasteiger partial charge in [0.2, 0.25) is 0 Å². The summed E-state index contributed by atoms with van der Waals surface area (Å²) < 4.78 is 0. The summed E-state index contributed by atoms with van der Waals surface area (Å²) in [4.78, 5) is 10.4. The first-order valence-electron chi connectivity index (χ1n) is 5.27. The Bertz CT molecular complexity index is 382. The van der Waals surface area contributed by atoms with Crippen LogP contribution in [0.1, 0.15) is 25.5 Å². The van der Waals surface area contributed by atoms with Crippen LogP contribution in [0.5, 0.6) is 0 Å². The molecule has 0 N–H and O–H groups in total. The second-order valence-electron chi connectivity index (χ2n) is 4.03. The molecular formula is C11H14N4. The number of anilines is 1. The first-order chi connectivity index (χ1) is 7.31. The molecule has 0 spiro atoms. The van der Waals surface area contributed by atoms with E-state index in [0.29, 0.717) is 11.6 Å². The number of nitrogens with zero attached hydrogens (tertiary/aromatic N) is 4. The lowest BCUT2D eigenvalue weighted by atomic mass is 10.0. The summed E-state index contributed by atoms with van der Waals surface area (Å²) >= 11 is 0. The Hall–Kier alpha value is -1.63. The second kappa shape index (κ2) is 4.26. The molecule has 0 bridgehead atoms. The van der Waals surface area contributed by atoms with E-state index in [9.17, 15) is 0 Å². The molecule has 1 aliphatic heterocycles. The van der Waals surface area contributed by atoms with Crippen LogP contribution in [0.25, 0.3) is 0 Å². The number of nitriles is 1. The third kappa shape index (κ3) is 2.07. The summed E-state index contributed by atoms with van der Waals surface area (Å²) in [5.74, 6) is 1.42. The molecule has 1 fully saturated rings. The fourth-order valence-electron chi connectivity index (χ4n) is 2.02. The van der Waals surface area contributed by atoms with Gasteiger partial charge in [-0.15, -0.1) is 0 Å². The fraction of sp³-hybridized carbons (Fsp3) is 0.545. The molecule has 1 aromatic rings. The van der Waals surface area contributed by atoms with Gasteiger partial charge in [0.15, 0.2) is 11.5 Å². The zero-order chi connectivity index (χ0) is 10.7. The van der Waals surface area contributed by atoms with E-state index in [1.165, 1.54) is 12.8 Å². The molecule has 1 saturated heterocycles. The van der Waals surface area contributed by atoms with Gasteiger partial charge in [0.05, 0.1) is 0 Å². The van der Waals surface area contributed by atoms with Crippen LogP contribution >= 0.6 is 0 Å². The molecule has 0 saturated carbocycles. The summed E-state index contributed by atoms with van der Waals surface area (Å²) in [7, 11) is 0. The third-order valence-electron chi connectivity index (χ3n) is 2.74. The number of piperidine rings is 1. The molecule has 2 heterocycles. The van der Waals surface area contributed by atoms with Gasteiger partial charge in [0.25, 0.3) is 0 Å². The highest BCUT2D eigenvalue weighted by molar-refractivity contribution is 5.49. The second-order valence-corrected chi connectivity index (χ2v) is 4.03. The number of hydrogen-bond donors (Lipinski definition) is 0. The zero-order valence-electron chi connectivity index (χ0n) is 8.85. The Morgan fingerprint density at radius 3 is 3.00 bits per heavy atom. The molecule has 0 aromatic carbocycles. The van der Waals surface area contributed by atoms with Crippen molar-refractivity contribution in [1.29, 1.82) is 5.26 Å². The highest BCUT2D eigenvalue weighted by atomic mass is 15.2. The van der Waals surface area contributed by atoms with Crippen molar-refractivity contribution in [3.05, 3.63) is 18.1 Å². The Morgan fingerprint density at radius 1 is 1.47 bits per heavy atom. The molecular weight excluding hydrogens is 188 g/mol. The summed E-state index contributed by atoms with van der Waals surface area (Å²) in [6.45, 7) is 4.19. The van der Waals surface area contributed by atoms with Gasteiger partial charge < -0.3 is 4.90 Å². The third-order valence-corrected chi connectivity index (χ3v) is 2.74. The first kappa shape index (κ1) is 9.91. The molecule has 1 aliphatic rings. The molecule has 4 heteroatoms. The van der Waals surface area contributed by atoms with Crippen LogP contribution < -0.4 is 4.90 Å². The SMILES string of the molecule is CC1CCCN(c2nccnc2C#N)C1. The Balaban J connectivity index is 2.25. The maximum absolute atomic E-state index is 8.94. The van der Waals surface area contributed by atoms with E-state index in [2.05, 4.69) is 27.9 Å². The van der Waals surface area contributed by atoms with Crippen LogP contribution in [0.2, 0.25) is 0 Å². The van der Waals surface area contributed by atoms with Gasteiger partial charge in [-0.3, -0.25) is 0 Å². The fourth-order valence-corrected chi connectivity index (χ4v) is 2.02. The predicted molar refractivity (Wildman–Crippen MR) is 57.4 cm³/mol. The van der Waals surface area contributed by atoms with Crippen LogP contribution in [0.4, 0.5) is 5.82 Å². The van der Waals surface area contributed by atoms with Crippen molar-refractivity contribution < 1.29 is 0 Å². The van der Waals surface area contributed by atoms with E-state index in [1.807, 2.05) is 0 Å². The standard InChI is InChI=1S/C11H14N4/c1-9-3-2-6-15(8-9)11-10(7-12)13-4-5-14-11/h4-5,9H,2-3,6,8H2,1H3. The molecule has 4 nitrogen and oxygen atoms in total. The number of rotatable bonds is 1. The van der Waals surface area contributed by atoms with E-state index in [4.69, 9.17) is 5.26 Å². The zero-order valence-corrected chi connectivity index (χ0v) is 8.85. The van der Waals surface area contributed by atoms with Crippen LogP contribution in [0.3, 0.4) is 0 Å². The quantitative estimate of drug-likeness (QED) is 0.693. The molecule has 2 rings (SSSR count). The van der Waals surface area contributed by atoms with Crippen LogP contribution in [-0.4, -0.2) is 23.1 Å². The summed E-state index contributed by atoms with van der Waals surface area (Å²) in [5.41, 5.74) is 0.437. The van der Waals surface area contributed by atoms with Crippen molar-refractivity contribution in [3.8, 4) is 6.07 Å². The average Bonchev–Trinajstić information content (AvgIpc) is 2.29. The van der Waals surface area contributed by atoms with Crippen molar-refractivity contribution in [1.82, 2.24) is 9.97 Å². The number of aromatic nitrogens is 2. The monoisotopic (exact) mass is 202 g/mol. The van der Waals surface area contributed by atoms with E-state index in [1.54, 1.807) is 12.4 Å². The van der Waals surface area contributed by atoms with Gasteiger partial charge >= 0.3 is 0 Å². The highest BCUT2D eigenvalue weighted by Gasteiger charge is 2.20. The maximum Gasteiger partial charge on any atom is 0.183 e. The lowest BCUT2D eigenvalue weighted by molar-refractivity contribution is 0.444. The maximum atomic E-state index is 8.94. The largest absolute Gasteiger partial charge is 0.354 e. The molecule has 0 radical (unpaired) electrons. The topological polar surface area (TPSA) is 52.8 Å². The van der Waals surface area contributed by atoms with Gasteiger partial charge in [0.1, 0.15) is 6.07 Å². The predicted octanol–water partition coefficient (Wildman–Crippen LogP) is 1.58. The Kier molecular flexibility index (Phi) is 2.82. The van der Waals surface area contributed by atoms with Gasteiger partial charge in [-0.2, -0.15) is 5.26 Å². The number of hydrogen-bond acceptors (Lipinski definition) is 4. The van der Waals surface area contributed by atoms with Crippen molar-refractivity contribution in [2.24, 2.45) is 5.92 Å². The smallest absolute Gasteiger partial charge is 0.183 e.